The molecule has 0 spiro atoms. The molecule has 164 valence electrons. The molecule has 31 heavy (non-hydrogen) atoms. The molecular formula is C25H31N3O3. The highest BCUT2D eigenvalue weighted by molar-refractivity contribution is 5.84. The number of amides is 1. The van der Waals surface area contributed by atoms with Crippen LogP contribution < -0.4 is 10.6 Å². The van der Waals surface area contributed by atoms with Crippen molar-refractivity contribution in [1.82, 2.24) is 10.6 Å². The smallest absolute Gasteiger partial charge is 0.307 e. The zero-order chi connectivity index (χ0) is 22.9. The first-order chi connectivity index (χ1) is 14.7. The zero-order valence-electron chi connectivity index (χ0n) is 18.7. The molecule has 0 aliphatic carbocycles. The van der Waals surface area contributed by atoms with E-state index in [0.717, 1.165) is 23.2 Å². The number of esters is 1. The molecule has 2 N–H and O–H groups in total. The molecule has 0 bridgehead atoms. The van der Waals surface area contributed by atoms with Crippen molar-refractivity contribution in [3.63, 3.8) is 0 Å². The average Bonchev–Trinajstić information content (AvgIpc) is 2.72. The molecule has 0 fully saturated rings. The van der Waals surface area contributed by atoms with E-state index in [-0.39, 0.29) is 12.3 Å². The fourth-order valence-electron chi connectivity index (χ4n) is 3.15. The number of hydrogen-bond acceptors (Lipinski definition) is 5. The van der Waals surface area contributed by atoms with Crippen LogP contribution >= 0.6 is 0 Å². The molecule has 0 heterocycles. The minimum atomic E-state index is -0.602. The lowest BCUT2D eigenvalue weighted by molar-refractivity contribution is -0.157. The summed E-state index contributed by atoms with van der Waals surface area (Å²) in [5.41, 5.74) is 3.00. The van der Waals surface area contributed by atoms with Crippen molar-refractivity contribution in [2.75, 3.05) is 7.05 Å². The number of benzene rings is 2. The molecule has 0 unspecified atom stereocenters. The zero-order valence-corrected chi connectivity index (χ0v) is 18.7. The Morgan fingerprint density at radius 1 is 0.968 bits per heavy atom. The molecule has 1 amide bonds. The number of nitrogens with one attached hydrogen (secondary N) is 2. The third-order valence-electron chi connectivity index (χ3n) is 4.64. The standard InChI is InChI=1S/C25H31N3O3/c1-25(2,3)31-23(29)14-22(13-18-5-9-20(10-6-18)16-27-4)24(30)28-17-21-11-7-19(15-26)8-12-21/h5-12,22,27H,13-14,16-17H2,1-4H3,(H,28,30)/t22-/m1/s1. The molecule has 0 saturated heterocycles. The summed E-state index contributed by atoms with van der Waals surface area (Å²) in [6, 6.07) is 17.1. The predicted molar refractivity (Wildman–Crippen MR) is 120 cm³/mol. The van der Waals surface area contributed by atoms with Crippen LogP contribution in [-0.4, -0.2) is 24.5 Å². The van der Waals surface area contributed by atoms with Crippen LogP contribution in [0.4, 0.5) is 0 Å². The van der Waals surface area contributed by atoms with Gasteiger partial charge >= 0.3 is 5.97 Å². The number of nitrogens with zero attached hydrogens (tertiary/aromatic N) is 1. The van der Waals surface area contributed by atoms with Gasteiger partial charge in [0, 0.05) is 13.1 Å². The summed E-state index contributed by atoms with van der Waals surface area (Å²) in [6.07, 6.45) is 0.451. The third kappa shape index (κ3) is 8.61. The number of hydrogen-bond donors (Lipinski definition) is 2. The molecule has 2 rings (SSSR count). The molecule has 0 saturated carbocycles. The first kappa shape index (κ1) is 24.1. The maximum Gasteiger partial charge on any atom is 0.307 e. The van der Waals surface area contributed by atoms with Crippen LogP contribution in [0.2, 0.25) is 0 Å². The summed E-state index contributed by atoms with van der Waals surface area (Å²) in [6.45, 7) is 6.53. The topological polar surface area (TPSA) is 91.2 Å². The van der Waals surface area contributed by atoms with Gasteiger partial charge in [0.25, 0.3) is 0 Å². The van der Waals surface area contributed by atoms with Crippen molar-refractivity contribution >= 4 is 11.9 Å². The van der Waals surface area contributed by atoms with Gasteiger partial charge in [-0.05, 0) is 63.1 Å². The maximum atomic E-state index is 12.9. The van der Waals surface area contributed by atoms with E-state index >= 15 is 0 Å². The van der Waals surface area contributed by atoms with E-state index < -0.39 is 17.5 Å². The Kier molecular flexibility index (Phi) is 8.77. The van der Waals surface area contributed by atoms with E-state index in [1.54, 1.807) is 12.1 Å². The normalized spacial score (nSPS) is 12.0. The molecule has 0 aliphatic rings. The van der Waals surface area contributed by atoms with Crippen LogP contribution in [0.1, 0.15) is 49.4 Å². The summed E-state index contributed by atoms with van der Waals surface area (Å²) in [4.78, 5) is 25.3. The van der Waals surface area contributed by atoms with E-state index in [1.165, 1.54) is 0 Å². The quantitative estimate of drug-likeness (QED) is 0.605. The average molecular weight is 422 g/mol. The Hall–Kier alpha value is -3.17. The lowest BCUT2D eigenvalue weighted by Gasteiger charge is -2.22. The van der Waals surface area contributed by atoms with Gasteiger partial charge in [-0.15, -0.1) is 0 Å². The van der Waals surface area contributed by atoms with Gasteiger partial charge in [0.15, 0.2) is 0 Å². The molecule has 1 atom stereocenters. The molecule has 6 nitrogen and oxygen atoms in total. The van der Waals surface area contributed by atoms with Gasteiger partial charge in [-0.1, -0.05) is 36.4 Å². The maximum absolute atomic E-state index is 12.9. The van der Waals surface area contributed by atoms with E-state index in [4.69, 9.17) is 10.00 Å². The molecule has 6 heteroatoms. The second-order valence-corrected chi connectivity index (χ2v) is 8.56. The third-order valence-corrected chi connectivity index (χ3v) is 4.64. The highest BCUT2D eigenvalue weighted by atomic mass is 16.6. The molecule has 0 aliphatic heterocycles. The van der Waals surface area contributed by atoms with Gasteiger partial charge in [0.1, 0.15) is 5.60 Å². The number of ether oxygens (including phenoxy) is 1. The fourth-order valence-corrected chi connectivity index (χ4v) is 3.15. The predicted octanol–water partition coefficient (Wildman–Crippen LogP) is 3.48. The highest BCUT2D eigenvalue weighted by Gasteiger charge is 2.25. The Morgan fingerprint density at radius 2 is 1.52 bits per heavy atom. The Bertz CT molecular complexity index is 907. The van der Waals surface area contributed by atoms with Crippen molar-refractivity contribution in [3.8, 4) is 6.07 Å². The largest absolute Gasteiger partial charge is 0.460 e. The molecule has 0 aromatic heterocycles. The molecular weight excluding hydrogens is 390 g/mol. The SMILES string of the molecule is CNCc1ccc(C[C@H](CC(=O)OC(C)(C)C)C(=O)NCc2ccc(C#N)cc2)cc1. The van der Waals surface area contributed by atoms with Crippen LogP contribution in [0.15, 0.2) is 48.5 Å². The summed E-state index contributed by atoms with van der Waals surface area (Å²) in [5, 5.41) is 14.9. The minimum Gasteiger partial charge on any atom is -0.460 e. The van der Waals surface area contributed by atoms with Gasteiger partial charge in [-0.25, -0.2) is 0 Å². The van der Waals surface area contributed by atoms with E-state index in [2.05, 4.69) is 16.7 Å². The Morgan fingerprint density at radius 3 is 2.06 bits per heavy atom. The van der Waals surface area contributed by atoms with E-state index in [1.807, 2.05) is 64.2 Å². The van der Waals surface area contributed by atoms with Crippen molar-refractivity contribution in [2.24, 2.45) is 5.92 Å². The van der Waals surface area contributed by atoms with Crippen LogP contribution in [0.3, 0.4) is 0 Å². The van der Waals surface area contributed by atoms with E-state index in [0.29, 0.717) is 18.5 Å². The Balaban J connectivity index is 2.08. The first-order valence-corrected chi connectivity index (χ1v) is 10.4. The summed E-state index contributed by atoms with van der Waals surface area (Å²) in [5.74, 6) is -1.13. The van der Waals surface area contributed by atoms with E-state index in [9.17, 15) is 9.59 Å². The number of carbonyl (C=O) groups excluding carboxylic acids is 2. The molecule has 0 radical (unpaired) electrons. The molecule has 2 aromatic rings. The fraction of sp³-hybridized carbons (Fsp3) is 0.400. The van der Waals surface area contributed by atoms with Gasteiger partial charge < -0.3 is 15.4 Å². The monoisotopic (exact) mass is 421 g/mol. The number of carbonyl (C=O) groups is 2. The first-order valence-electron chi connectivity index (χ1n) is 10.4. The van der Waals surface area contributed by atoms with Gasteiger partial charge in [-0.3, -0.25) is 9.59 Å². The van der Waals surface area contributed by atoms with Crippen molar-refractivity contribution in [2.45, 2.75) is 52.3 Å². The lowest BCUT2D eigenvalue weighted by atomic mass is 9.94. The van der Waals surface area contributed by atoms with Gasteiger partial charge in [0.05, 0.1) is 24.0 Å². The highest BCUT2D eigenvalue weighted by Crippen LogP contribution is 2.18. The van der Waals surface area contributed by atoms with Crippen LogP contribution in [-0.2, 0) is 33.8 Å². The van der Waals surface area contributed by atoms with Crippen LogP contribution in [0.25, 0.3) is 0 Å². The lowest BCUT2D eigenvalue weighted by Crippen LogP contribution is -2.34. The number of nitriles is 1. The second kappa shape index (κ2) is 11.3. The number of rotatable bonds is 9. The summed E-state index contributed by atoms with van der Waals surface area (Å²) >= 11 is 0. The van der Waals surface area contributed by atoms with Crippen molar-refractivity contribution in [3.05, 3.63) is 70.8 Å². The van der Waals surface area contributed by atoms with Crippen LogP contribution in [0, 0.1) is 17.2 Å². The molecule has 2 aromatic carbocycles. The van der Waals surface area contributed by atoms with Crippen molar-refractivity contribution < 1.29 is 14.3 Å². The van der Waals surface area contributed by atoms with Gasteiger partial charge in [-0.2, -0.15) is 5.26 Å². The summed E-state index contributed by atoms with van der Waals surface area (Å²) < 4.78 is 5.44. The van der Waals surface area contributed by atoms with Crippen LogP contribution in [0.5, 0.6) is 0 Å². The van der Waals surface area contributed by atoms with Gasteiger partial charge in [0.2, 0.25) is 5.91 Å². The Labute approximate surface area is 184 Å². The van der Waals surface area contributed by atoms with Crippen molar-refractivity contribution in [1.29, 1.82) is 5.26 Å². The minimum absolute atomic E-state index is 0.00867. The summed E-state index contributed by atoms with van der Waals surface area (Å²) in [7, 11) is 1.89. The second-order valence-electron chi connectivity index (χ2n) is 8.56.